The summed E-state index contributed by atoms with van der Waals surface area (Å²) < 4.78 is 11.3. The maximum Gasteiger partial charge on any atom is 0.243 e. The Morgan fingerprint density at radius 1 is 1.32 bits per heavy atom. The van der Waals surface area contributed by atoms with Gasteiger partial charge in [0.25, 0.3) is 0 Å². The molecule has 1 aromatic heterocycles. The summed E-state index contributed by atoms with van der Waals surface area (Å²) >= 11 is 0. The molecule has 0 unspecified atom stereocenters. The third kappa shape index (κ3) is 2.98. The first kappa shape index (κ1) is 14.5. The van der Waals surface area contributed by atoms with Crippen LogP contribution in [0.3, 0.4) is 0 Å². The molecule has 0 aliphatic heterocycles. The van der Waals surface area contributed by atoms with E-state index in [9.17, 15) is 0 Å². The number of ether oxygens (including phenoxy) is 1. The molecule has 0 bridgehead atoms. The smallest absolute Gasteiger partial charge is 0.243 e. The van der Waals surface area contributed by atoms with Crippen molar-refractivity contribution in [2.45, 2.75) is 65.0 Å². The van der Waals surface area contributed by atoms with E-state index in [1.165, 1.54) is 0 Å². The van der Waals surface area contributed by atoms with E-state index in [0.29, 0.717) is 23.7 Å². The van der Waals surface area contributed by atoms with Crippen LogP contribution in [0.15, 0.2) is 4.52 Å². The van der Waals surface area contributed by atoms with Gasteiger partial charge >= 0.3 is 0 Å². The Balaban J connectivity index is 2.24. The first-order chi connectivity index (χ1) is 8.88. The predicted molar refractivity (Wildman–Crippen MR) is 72.5 cm³/mol. The summed E-state index contributed by atoms with van der Waals surface area (Å²) in [6.07, 6.45) is 4.08. The van der Waals surface area contributed by atoms with Crippen LogP contribution in [0.1, 0.15) is 71.1 Å². The lowest BCUT2D eigenvalue weighted by Crippen LogP contribution is -2.38. The molecule has 108 valence electrons. The molecule has 1 aliphatic carbocycles. The summed E-state index contributed by atoms with van der Waals surface area (Å²) in [6.45, 7) is 9.10. The lowest BCUT2D eigenvalue weighted by atomic mass is 9.70. The van der Waals surface area contributed by atoms with Crippen LogP contribution >= 0.6 is 0 Å². The third-order valence-electron chi connectivity index (χ3n) is 4.07. The number of hydrogen-bond acceptors (Lipinski definition) is 5. The van der Waals surface area contributed by atoms with Gasteiger partial charge in [0.1, 0.15) is 5.60 Å². The zero-order valence-corrected chi connectivity index (χ0v) is 12.4. The molecule has 2 N–H and O–H groups in total. The highest BCUT2D eigenvalue weighted by molar-refractivity contribution is 5.06. The van der Waals surface area contributed by atoms with E-state index >= 15 is 0 Å². The van der Waals surface area contributed by atoms with Gasteiger partial charge in [-0.05, 0) is 44.9 Å². The minimum absolute atomic E-state index is 0.236. The lowest BCUT2D eigenvalue weighted by Gasteiger charge is -2.41. The first-order valence-electron chi connectivity index (χ1n) is 7.12. The molecule has 19 heavy (non-hydrogen) atoms. The molecule has 1 fully saturated rings. The van der Waals surface area contributed by atoms with Crippen molar-refractivity contribution in [3.05, 3.63) is 11.7 Å². The van der Waals surface area contributed by atoms with E-state index in [0.717, 1.165) is 25.7 Å². The zero-order valence-electron chi connectivity index (χ0n) is 12.4. The highest BCUT2D eigenvalue weighted by Crippen LogP contribution is 2.46. The van der Waals surface area contributed by atoms with Crippen LogP contribution in [0.25, 0.3) is 0 Å². The molecule has 5 heteroatoms. The standard InChI is InChI=1S/C14H25N3O2/c1-5-18-14(8-6-13(3,4)7-9-14)12-16-11(10(2)15)19-17-12/h10H,5-9,15H2,1-4H3/t10-/m0/s1. The number of nitrogens with zero attached hydrogens (tertiary/aromatic N) is 2. The average molecular weight is 267 g/mol. The van der Waals surface area contributed by atoms with Gasteiger partial charge in [0.05, 0.1) is 6.04 Å². The molecular formula is C14H25N3O2. The Morgan fingerprint density at radius 3 is 2.42 bits per heavy atom. The Hall–Kier alpha value is -0.940. The maximum absolute atomic E-state index is 6.02. The molecule has 1 saturated carbocycles. The molecule has 2 rings (SSSR count). The minimum Gasteiger partial charge on any atom is -0.367 e. The zero-order chi connectivity index (χ0) is 14.1. The van der Waals surface area contributed by atoms with Crippen LogP contribution in [-0.4, -0.2) is 16.7 Å². The highest BCUT2D eigenvalue weighted by Gasteiger charge is 2.43. The number of hydrogen-bond donors (Lipinski definition) is 1. The van der Waals surface area contributed by atoms with Gasteiger partial charge in [0, 0.05) is 6.61 Å². The maximum atomic E-state index is 6.02. The minimum atomic E-state index is -0.388. The van der Waals surface area contributed by atoms with Gasteiger partial charge in [0.15, 0.2) is 0 Å². The molecular weight excluding hydrogens is 242 g/mol. The fraction of sp³-hybridized carbons (Fsp3) is 0.857. The number of aromatic nitrogens is 2. The molecule has 0 spiro atoms. The number of rotatable bonds is 4. The molecule has 0 saturated heterocycles. The molecule has 1 aromatic rings. The summed E-state index contributed by atoms with van der Waals surface area (Å²) in [6, 6.07) is -0.236. The Kier molecular flexibility index (Phi) is 3.97. The normalized spacial score (nSPS) is 23.2. The SMILES string of the molecule is CCOC1(c2noc([C@H](C)N)n2)CCC(C)(C)CC1. The van der Waals surface area contributed by atoms with E-state index in [2.05, 4.69) is 24.0 Å². The highest BCUT2D eigenvalue weighted by atomic mass is 16.5. The van der Waals surface area contributed by atoms with Crippen LogP contribution in [-0.2, 0) is 10.3 Å². The van der Waals surface area contributed by atoms with Crippen molar-refractivity contribution in [3.8, 4) is 0 Å². The van der Waals surface area contributed by atoms with Crippen molar-refractivity contribution in [1.82, 2.24) is 10.1 Å². The monoisotopic (exact) mass is 267 g/mol. The second kappa shape index (κ2) is 5.21. The summed E-state index contributed by atoms with van der Waals surface area (Å²) in [5.74, 6) is 1.15. The van der Waals surface area contributed by atoms with Crippen molar-refractivity contribution in [2.75, 3.05) is 6.61 Å². The van der Waals surface area contributed by atoms with Gasteiger partial charge in [-0.2, -0.15) is 4.98 Å². The van der Waals surface area contributed by atoms with Crippen molar-refractivity contribution in [3.63, 3.8) is 0 Å². The molecule has 1 heterocycles. The second-order valence-electron chi connectivity index (χ2n) is 6.34. The van der Waals surface area contributed by atoms with E-state index in [1.54, 1.807) is 0 Å². The Labute approximate surface area is 114 Å². The van der Waals surface area contributed by atoms with Gasteiger partial charge in [-0.3, -0.25) is 0 Å². The average Bonchev–Trinajstić information content (AvgIpc) is 2.83. The molecule has 5 nitrogen and oxygen atoms in total. The van der Waals surface area contributed by atoms with Gasteiger partial charge in [0.2, 0.25) is 11.7 Å². The van der Waals surface area contributed by atoms with Crippen LogP contribution in [0.4, 0.5) is 0 Å². The molecule has 1 aliphatic rings. The van der Waals surface area contributed by atoms with Gasteiger partial charge in [-0.1, -0.05) is 19.0 Å². The van der Waals surface area contributed by atoms with E-state index in [1.807, 2.05) is 13.8 Å². The van der Waals surface area contributed by atoms with E-state index in [4.69, 9.17) is 15.0 Å². The summed E-state index contributed by atoms with van der Waals surface area (Å²) in [5, 5.41) is 4.11. The van der Waals surface area contributed by atoms with Crippen molar-refractivity contribution in [2.24, 2.45) is 11.1 Å². The van der Waals surface area contributed by atoms with Gasteiger partial charge in [-0.25, -0.2) is 0 Å². The van der Waals surface area contributed by atoms with Crippen molar-refractivity contribution >= 4 is 0 Å². The van der Waals surface area contributed by atoms with E-state index < -0.39 is 0 Å². The van der Waals surface area contributed by atoms with Gasteiger partial charge < -0.3 is 15.0 Å². The van der Waals surface area contributed by atoms with Crippen molar-refractivity contribution in [1.29, 1.82) is 0 Å². The van der Waals surface area contributed by atoms with Crippen molar-refractivity contribution < 1.29 is 9.26 Å². The van der Waals surface area contributed by atoms with Crippen LogP contribution in [0, 0.1) is 5.41 Å². The summed E-state index contributed by atoms with van der Waals surface area (Å²) in [5.41, 5.74) is 5.76. The molecule has 0 aromatic carbocycles. The molecule has 1 atom stereocenters. The van der Waals surface area contributed by atoms with E-state index in [-0.39, 0.29) is 11.6 Å². The van der Waals surface area contributed by atoms with Crippen LogP contribution in [0.2, 0.25) is 0 Å². The first-order valence-corrected chi connectivity index (χ1v) is 7.12. The fourth-order valence-electron chi connectivity index (χ4n) is 2.64. The Morgan fingerprint density at radius 2 is 1.95 bits per heavy atom. The lowest BCUT2D eigenvalue weighted by molar-refractivity contribution is -0.0957. The fourth-order valence-corrected chi connectivity index (χ4v) is 2.64. The second-order valence-corrected chi connectivity index (χ2v) is 6.34. The topological polar surface area (TPSA) is 74.2 Å². The summed E-state index contributed by atoms with van der Waals surface area (Å²) in [4.78, 5) is 4.44. The summed E-state index contributed by atoms with van der Waals surface area (Å²) in [7, 11) is 0. The Bertz CT molecular complexity index is 416. The molecule has 0 radical (unpaired) electrons. The predicted octanol–water partition coefficient (Wildman–Crippen LogP) is 2.92. The number of nitrogens with two attached hydrogens (primary N) is 1. The van der Waals surface area contributed by atoms with Gasteiger partial charge in [-0.15, -0.1) is 0 Å². The third-order valence-corrected chi connectivity index (χ3v) is 4.07. The quantitative estimate of drug-likeness (QED) is 0.907. The van der Waals surface area contributed by atoms with Crippen LogP contribution in [0.5, 0.6) is 0 Å². The molecule has 0 amide bonds. The largest absolute Gasteiger partial charge is 0.367 e. The van der Waals surface area contributed by atoms with Crippen LogP contribution < -0.4 is 5.73 Å².